The first-order chi connectivity index (χ1) is 15.6. The van der Waals surface area contributed by atoms with Gasteiger partial charge in [-0.2, -0.15) is 10.1 Å². The lowest BCUT2D eigenvalue weighted by molar-refractivity contribution is -0.151. The lowest BCUT2D eigenvalue weighted by Gasteiger charge is -2.39. The normalized spacial score (nSPS) is 23.5. The number of nitrogens with zero attached hydrogens (tertiary/aromatic N) is 5. The van der Waals surface area contributed by atoms with E-state index in [-0.39, 0.29) is 17.9 Å². The van der Waals surface area contributed by atoms with Crippen LogP contribution in [0.15, 0.2) is 28.9 Å². The van der Waals surface area contributed by atoms with E-state index in [0.717, 1.165) is 35.9 Å². The molecule has 3 aliphatic rings. The molecular formula is C23H26FN5O3. The van der Waals surface area contributed by atoms with E-state index in [2.05, 4.69) is 15.2 Å². The van der Waals surface area contributed by atoms with E-state index >= 15 is 0 Å². The lowest BCUT2D eigenvalue weighted by Crippen LogP contribution is -2.52. The number of likely N-dealkylation sites (tertiary alicyclic amines) is 1. The van der Waals surface area contributed by atoms with Crippen LogP contribution in [0.1, 0.15) is 56.3 Å². The Labute approximate surface area is 184 Å². The molecule has 2 aliphatic heterocycles. The number of alkyl halides is 1. The molecule has 4 heterocycles. The Balaban J connectivity index is 1.17. The Kier molecular flexibility index (Phi) is 4.74. The third-order valence-electron chi connectivity index (χ3n) is 7.22. The molecule has 32 heavy (non-hydrogen) atoms. The molecule has 2 saturated heterocycles. The van der Waals surface area contributed by atoms with E-state index in [1.54, 1.807) is 4.90 Å². The molecule has 1 aliphatic carbocycles. The molecule has 6 rings (SSSR count). The molecule has 2 aromatic heterocycles. The third kappa shape index (κ3) is 3.30. The van der Waals surface area contributed by atoms with Gasteiger partial charge in [0.05, 0.1) is 24.4 Å². The summed E-state index contributed by atoms with van der Waals surface area (Å²) >= 11 is 0. The van der Waals surface area contributed by atoms with Crippen molar-refractivity contribution in [1.82, 2.24) is 24.8 Å². The van der Waals surface area contributed by atoms with Gasteiger partial charge < -0.3 is 14.2 Å². The molecule has 0 spiro atoms. The Morgan fingerprint density at radius 2 is 2.03 bits per heavy atom. The first-order valence-corrected chi connectivity index (χ1v) is 11.5. The molecule has 1 atom stereocenters. The van der Waals surface area contributed by atoms with E-state index in [0.29, 0.717) is 57.1 Å². The van der Waals surface area contributed by atoms with Crippen molar-refractivity contribution in [3.63, 3.8) is 0 Å². The highest BCUT2D eigenvalue weighted by molar-refractivity contribution is 5.86. The zero-order valence-corrected chi connectivity index (χ0v) is 17.9. The maximum atomic E-state index is 14.5. The van der Waals surface area contributed by atoms with Gasteiger partial charge in [0.1, 0.15) is 0 Å². The van der Waals surface area contributed by atoms with Gasteiger partial charge in [0.25, 0.3) is 11.8 Å². The molecule has 1 amide bonds. The first-order valence-electron chi connectivity index (χ1n) is 11.5. The average Bonchev–Trinajstić information content (AvgIpc) is 3.57. The van der Waals surface area contributed by atoms with Crippen LogP contribution in [0.4, 0.5) is 4.39 Å². The topological polar surface area (TPSA) is 86.3 Å². The van der Waals surface area contributed by atoms with Gasteiger partial charge in [0.15, 0.2) is 11.5 Å². The summed E-state index contributed by atoms with van der Waals surface area (Å²) in [5, 5.41) is 9.84. The predicted octanol–water partition coefficient (Wildman–Crippen LogP) is 3.65. The summed E-state index contributed by atoms with van der Waals surface area (Å²) in [4.78, 5) is 18.8. The summed E-state index contributed by atoms with van der Waals surface area (Å²) in [6.07, 6.45) is 5.77. The third-order valence-corrected chi connectivity index (χ3v) is 7.22. The van der Waals surface area contributed by atoms with Crippen LogP contribution >= 0.6 is 0 Å². The molecule has 0 bridgehead atoms. The van der Waals surface area contributed by atoms with Gasteiger partial charge in [0.2, 0.25) is 0 Å². The van der Waals surface area contributed by atoms with Crippen molar-refractivity contribution in [2.45, 2.75) is 56.2 Å². The first kappa shape index (κ1) is 19.8. The summed E-state index contributed by atoms with van der Waals surface area (Å²) in [6.45, 7) is 2.51. The summed E-state index contributed by atoms with van der Waals surface area (Å²) in [5.74, 6) is 0.906. The van der Waals surface area contributed by atoms with Crippen LogP contribution in [0.25, 0.3) is 22.4 Å². The number of benzene rings is 1. The number of aromatic nitrogens is 4. The summed E-state index contributed by atoms with van der Waals surface area (Å²) in [7, 11) is 0. The molecule has 0 radical (unpaired) electrons. The molecule has 1 saturated carbocycles. The van der Waals surface area contributed by atoms with Crippen molar-refractivity contribution in [3.05, 3.63) is 30.2 Å². The minimum atomic E-state index is -1.62. The van der Waals surface area contributed by atoms with Crippen LogP contribution in [0.3, 0.4) is 0 Å². The molecule has 0 N–H and O–H groups in total. The van der Waals surface area contributed by atoms with Crippen LogP contribution < -0.4 is 0 Å². The van der Waals surface area contributed by atoms with Crippen LogP contribution in [0, 0.1) is 0 Å². The van der Waals surface area contributed by atoms with Crippen LogP contribution in [-0.2, 0) is 9.53 Å². The summed E-state index contributed by atoms with van der Waals surface area (Å²) in [6, 6.07) is 6.28. The summed E-state index contributed by atoms with van der Waals surface area (Å²) < 4.78 is 27.6. The van der Waals surface area contributed by atoms with E-state index in [4.69, 9.17) is 9.26 Å². The molecular weight excluding hydrogens is 413 g/mol. The Hall–Kier alpha value is -2.81. The maximum Gasteiger partial charge on any atom is 0.260 e. The number of amides is 1. The van der Waals surface area contributed by atoms with E-state index in [1.165, 1.54) is 0 Å². The number of fused-ring (bicyclic) bond motifs is 1. The van der Waals surface area contributed by atoms with Crippen LogP contribution in [-0.4, -0.2) is 62.7 Å². The van der Waals surface area contributed by atoms with Gasteiger partial charge in [-0.3, -0.25) is 9.48 Å². The number of hydrogen-bond donors (Lipinski definition) is 0. The SMILES string of the molecule is O=C(N1CCC(c2noc(-c3ccc4cnn(C5CCOC5)c4c3)n2)CC1)C1(F)CCC1. The number of hydrogen-bond acceptors (Lipinski definition) is 6. The standard InChI is InChI=1S/C23H26FN5O3/c24-23(7-1-8-23)22(30)28-9-4-15(5-10-28)20-26-21(32-27-20)16-2-3-17-13-25-29(19(17)12-16)18-6-11-31-14-18/h2-3,12-13,15,18H,1,4-11,14H2. The van der Waals surface area contributed by atoms with Crippen LogP contribution in [0.2, 0.25) is 0 Å². The van der Waals surface area contributed by atoms with E-state index < -0.39 is 5.67 Å². The van der Waals surface area contributed by atoms with E-state index in [1.807, 2.05) is 29.1 Å². The monoisotopic (exact) mass is 439 g/mol. The smallest absolute Gasteiger partial charge is 0.260 e. The van der Waals surface area contributed by atoms with Crippen molar-refractivity contribution >= 4 is 16.8 Å². The fourth-order valence-electron chi connectivity index (χ4n) is 5.02. The van der Waals surface area contributed by atoms with E-state index in [9.17, 15) is 9.18 Å². The highest BCUT2D eigenvalue weighted by atomic mass is 19.1. The highest BCUT2D eigenvalue weighted by Crippen LogP contribution is 2.39. The highest BCUT2D eigenvalue weighted by Gasteiger charge is 2.47. The van der Waals surface area contributed by atoms with Gasteiger partial charge in [-0.1, -0.05) is 11.2 Å². The Bertz CT molecular complexity index is 1140. The molecule has 3 fully saturated rings. The van der Waals surface area contributed by atoms with Gasteiger partial charge in [-0.05, 0) is 50.7 Å². The fraction of sp³-hybridized carbons (Fsp3) is 0.565. The van der Waals surface area contributed by atoms with Crippen molar-refractivity contribution in [2.75, 3.05) is 26.3 Å². The zero-order valence-electron chi connectivity index (χ0n) is 17.9. The van der Waals surface area contributed by atoms with Crippen LogP contribution in [0.5, 0.6) is 0 Å². The second-order valence-electron chi connectivity index (χ2n) is 9.22. The largest absolute Gasteiger partial charge is 0.379 e. The minimum absolute atomic E-state index is 0.110. The van der Waals surface area contributed by atoms with Crippen molar-refractivity contribution in [3.8, 4) is 11.5 Å². The lowest BCUT2D eigenvalue weighted by atomic mass is 9.80. The Morgan fingerprint density at radius 3 is 2.75 bits per heavy atom. The molecule has 1 aromatic carbocycles. The number of halogens is 1. The molecule has 9 heteroatoms. The molecule has 3 aromatic rings. The van der Waals surface area contributed by atoms with Gasteiger partial charge in [-0.25, -0.2) is 4.39 Å². The quantitative estimate of drug-likeness (QED) is 0.617. The zero-order chi connectivity index (χ0) is 21.7. The Morgan fingerprint density at radius 1 is 1.19 bits per heavy atom. The minimum Gasteiger partial charge on any atom is -0.379 e. The summed E-state index contributed by atoms with van der Waals surface area (Å²) in [5.41, 5.74) is 0.261. The molecule has 1 unspecified atom stereocenters. The van der Waals surface area contributed by atoms with Gasteiger partial charge in [-0.15, -0.1) is 0 Å². The second kappa shape index (κ2) is 7.65. The van der Waals surface area contributed by atoms with Crippen molar-refractivity contribution in [1.29, 1.82) is 0 Å². The van der Waals surface area contributed by atoms with Crippen molar-refractivity contribution in [2.24, 2.45) is 0 Å². The number of carbonyl (C=O) groups excluding carboxylic acids is 1. The van der Waals surface area contributed by atoms with Crippen molar-refractivity contribution < 1.29 is 18.4 Å². The fourth-order valence-corrected chi connectivity index (χ4v) is 5.02. The number of piperidine rings is 1. The molecule has 8 nitrogen and oxygen atoms in total. The second-order valence-corrected chi connectivity index (χ2v) is 9.22. The number of ether oxygens (including phenoxy) is 1. The van der Waals surface area contributed by atoms with Gasteiger partial charge >= 0.3 is 0 Å². The average molecular weight is 439 g/mol. The maximum absolute atomic E-state index is 14.5. The van der Waals surface area contributed by atoms with Gasteiger partial charge in [0, 0.05) is 36.6 Å². The number of carbonyl (C=O) groups is 1. The number of rotatable bonds is 4. The molecule has 168 valence electrons. The predicted molar refractivity (Wildman–Crippen MR) is 114 cm³/mol.